The van der Waals surface area contributed by atoms with Crippen LogP contribution in [0.5, 0.6) is 0 Å². The first kappa shape index (κ1) is 29.2. The van der Waals surface area contributed by atoms with Crippen LogP contribution in [0.2, 0.25) is 0 Å². The molecule has 0 fully saturated rings. The molecule has 1 amide bonds. The Kier molecular flexibility index (Phi) is 10.3. The van der Waals surface area contributed by atoms with Crippen LogP contribution in [-0.2, 0) is 27.8 Å². The van der Waals surface area contributed by atoms with Crippen molar-refractivity contribution in [3.8, 4) is 0 Å². The van der Waals surface area contributed by atoms with Crippen LogP contribution in [0.3, 0.4) is 0 Å². The number of ether oxygens (including phenoxy) is 1. The van der Waals surface area contributed by atoms with Crippen LogP contribution in [0.1, 0.15) is 25.1 Å². The topological polar surface area (TPSA) is 109 Å². The van der Waals surface area contributed by atoms with Gasteiger partial charge in [0, 0.05) is 19.3 Å². The number of nitrogens with zero attached hydrogens (tertiary/aromatic N) is 2. The Morgan fingerprint density at radius 2 is 1.74 bits per heavy atom. The van der Waals surface area contributed by atoms with E-state index >= 15 is 0 Å². The molecule has 0 bridgehead atoms. The Hall–Kier alpha value is -3.41. The molecule has 204 valence electrons. The zero-order valence-corrected chi connectivity index (χ0v) is 21.9. The summed E-state index contributed by atoms with van der Waals surface area (Å²) < 4.78 is 60.2. The third-order valence-corrected chi connectivity index (χ3v) is 7.46. The maximum absolute atomic E-state index is 13.8. The average molecular weight is 548 g/mol. The Labute approximate surface area is 221 Å². The van der Waals surface area contributed by atoms with E-state index < -0.39 is 51.3 Å². The van der Waals surface area contributed by atoms with Crippen LogP contribution in [0, 0.1) is 17.6 Å². The number of rotatable bonds is 12. The first-order valence-corrected chi connectivity index (χ1v) is 13.5. The highest BCUT2D eigenvalue weighted by Crippen LogP contribution is 2.21. The van der Waals surface area contributed by atoms with E-state index in [2.05, 4.69) is 10.3 Å². The molecule has 38 heavy (non-hydrogen) atoms. The molecule has 0 radical (unpaired) electrons. The molecule has 0 unspecified atom stereocenters. The number of halogens is 2. The molecule has 3 aromatic rings. The number of amides is 1. The summed E-state index contributed by atoms with van der Waals surface area (Å²) in [6, 6.07) is 15.6. The largest absolute Gasteiger partial charge is 0.443 e. The number of benzene rings is 2. The number of hydrogen-bond donors (Lipinski definition) is 2. The van der Waals surface area contributed by atoms with Crippen molar-refractivity contribution >= 4 is 16.1 Å². The minimum Gasteiger partial charge on any atom is -0.443 e. The number of hydrogen-bond acceptors (Lipinski definition) is 6. The number of aliphatic hydroxyl groups excluding tert-OH is 1. The molecule has 2 atom stereocenters. The minimum absolute atomic E-state index is 0.000564. The van der Waals surface area contributed by atoms with Crippen molar-refractivity contribution in [3.05, 3.63) is 95.8 Å². The monoisotopic (exact) mass is 547 g/mol. The second-order valence-electron chi connectivity index (χ2n) is 9.20. The molecule has 0 spiro atoms. The molecule has 0 aliphatic carbocycles. The predicted octanol–water partition coefficient (Wildman–Crippen LogP) is 3.91. The predicted molar refractivity (Wildman–Crippen MR) is 137 cm³/mol. The van der Waals surface area contributed by atoms with E-state index in [1.165, 1.54) is 0 Å². The third kappa shape index (κ3) is 8.30. The quantitative estimate of drug-likeness (QED) is 0.356. The van der Waals surface area contributed by atoms with E-state index in [1.54, 1.807) is 50.4 Å². The summed E-state index contributed by atoms with van der Waals surface area (Å²) in [4.78, 5) is 16.2. The van der Waals surface area contributed by atoms with Gasteiger partial charge >= 0.3 is 6.09 Å². The molecule has 1 aromatic heterocycles. The van der Waals surface area contributed by atoms with Crippen molar-refractivity contribution in [2.24, 2.45) is 5.92 Å². The van der Waals surface area contributed by atoms with Crippen LogP contribution >= 0.6 is 0 Å². The van der Waals surface area contributed by atoms with Gasteiger partial charge in [0.25, 0.3) is 0 Å². The number of sulfonamides is 1. The molecule has 0 aliphatic rings. The number of aliphatic hydroxyl groups is 1. The number of carbonyl (C=O) groups excluding carboxylic acids is 1. The lowest BCUT2D eigenvalue weighted by Gasteiger charge is -2.30. The van der Waals surface area contributed by atoms with Crippen LogP contribution in [0.4, 0.5) is 13.6 Å². The van der Waals surface area contributed by atoms with Crippen LogP contribution in [0.25, 0.3) is 0 Å². The zero-order chi connectivity index (χ0) is 27.7. The highest BCUT2D eigenvalue weighted by atomic mass is 32.2. The number of carbonyl (C=O) groups is 1. The van der Waals surface area contributed by atoms with E-state index in [9.17, 15) is 27.1 Å². The van der Waals surface area contributed by atoms with Gasteiger partial charge in [-0.25, -0.2) is 22.0 Å². The maximum atomic E-state index is 13.8. The van der Waals surface area contributed by atoms with Crippen molar-refractivity contribution in [2.75, 3.05) is 13.1 Å². The van der Waals surface area contributed by atoms with Gasteiger partial charge in [-0.3, -0.25) is 4.98 Å². The Morgan fingerprint density at radius 1 is 1.03 bits per heavy atom. The SMILES string of the molecule is CC(C)CN(C[C@@H](O)[C@H](Cc1ccccc1)NC(=O)OCc1ccccn1)S(=O)(=O)c1ccc(F)c(F)c1. The van der Waals surface area contributed by atoms with E-state index in [0.717, 1.165) is 22.0 Å². The average Bonchev–Trinajstić information content (AvgIpc) is 2.89. The van der Waals surface area contributed by atoms with Gasteiger partial charge in [0.2, 0.25) is 10.0 Å². The van der Waals surface area contributed by atoms with Gasteiger partial charge in [-0.1, -0.05) is 50.2 Å². The lowest BCUT2D eigenvalue weighted by atomic mass is 10.0. The van der Waals surface area contributed by atoms with Gasteiger partial charge in [0.05, 0.1) is 22.7 Å². The van der Waals surface area contributed by atoms with Crippen LogP contribution in [-0.4, -0.2) is 54.1 Å². The molecule has 1 heterocycles. The van der Waals surface area contributed by atoms with Gasteiger partial charge in [0.1, 0.15) is 6.61 Å². The molecule has 2 aromatic carbocycles. The molecule has 3 rings (SSSR count). The van der Waals surface area contributed by atoms with E-state index in [1.807, 2.05) is 18.2 Å². The van der Waals surface area contributed by atoms with Crippen molar-refractivity contribution in [3.63, 3.8) is 0 Å². The third-order valence-electron chi connectivity index (χ3n) is 5.63. The standard InChI is InChI=1S/C27H31F2N3O5S/c1-19(2)16-32(38(35,36)22-11-12-23(28)24(29)15-22)17-26(33)25(14-20-8-4-3-5-9-20)31-27(34)37-18-21-10-6-7-13-30-21/h3-13,15,19,25-26,33H,14,16-18H2,1-2H3,(H,31,34)/t25-,26+/m0/s1. The normalized spacial score (nSPS) is 13.3. The second kappa shape index (κ2) is 13.4. The smallest absolute Gasteiger partial charge is 0.407 e. The van der Waals surface area contributed by atoms with Crippen molar-refractivity contribution in [2.45, 2.75) is 43.9 Å². The lowest BCUT2D eigenvalue weighted by Crippen LogP contribution is -2.51. The Bertz CT molecular complexity index is 1290. The summed E-state index contributed by atoms with van der Waals surface area (Å²) in [6.45, 7) is 3.08. The molecular weight excluding hydrogens is 516 g/mol. The number of aromatic nitrogens is 1. The van der Waals surface area contributed by atoms with Gasteiger partial charge in [-0.2, -0.15) is 4.31 Å². The fourth-order valence-electron chi connectivity index (χ4n) is 3.77. The van der Waals surface area contributed by atoms with E-state index in [0.29, 0.717) is 11.8 Å². The molecular formula is C27H31F2N3O5S. The first-order valence-electron chi connectivity index (χ1n) is 12.1. The fourth-order valence-corrected chi connectivity index (χ4v) is 5.40. The molecule has 0 saturated heterocycles. The molecule has 0 aliphatic heterocycles. The van der Waals surface area contributed by atoms with Crippen molar-refractivity contribution in [1.82, 2.24) is 14.6 Å². The zero-order valence-electron chi connectivity index (χ0n) is 21.1. The fraction of sp³-hybridized carbons (Fsp3) is 0.333. The molecule has 8 nitrogen and oxygen atoms in total. The van der Waals surface area contributed by atoms with E-state index in [4.69, 9.17) is 4.74 Å². The number of alkyl carbamates (subject to hydrolysis) is 1. The van der Waals surface area contributed by atoms with Gasteiger partial charge in [-0.15, -0.1) is 0 Å². The number of pyridine rings is 1. The van der Waals surface area contributed by atoms with E-state index in [-0.39, 0.29) is 25.5 Å². The summed E-state index contributed by atoms with van der Waals surface area (Å²) in [6.07, 6.45) is -0.428. The molecule has 2 N–H and O–H groups in total. The minimum atomic E-state index is -4.30. The summed E-state index contributed by atoms with van der Waals surface area (Å²) in [5.41, 5.74) is 1.32. The summed E-state index contributed by atoms with van der Waals surface area (Å²) >= 11 is 0. The van der Waals surface area contributed by atoms with Crippen molar-refractivity contribution in [1.29, 1.82) is 0 Å². The highest BCUT2D eigenvalue weighted by Gasteiger charge is 2.32. The van der Waals surface area contributed by atoms with Crippen LogP contribution < -0.4 is 5.32 Å². The Balaban J connectivity index is 1.81. The second-order valence-corrected chi connectivity index (χ2v) is 11.1. The molecule has 0 saturated carbocycles. The summed E-state index contributed by atoms with van der Waals surface area (Å²) in [7, 11) is -4.30. The summed E-state index contributed by atoms with van der Waals surface area (Å²) in [5.74, 6) is -2.61. The highest BCUT2D eigenvalue weighted by molar-refractivity contribution is 7.89. The lowest BCUT2D eigenvalue weighted by molar-refractivity contribution is 0.0869. The van der Waals surface area contributed by atoms with Gasteiger partial charge < -0.3 is 15.2 Å². The van der Waals surface area contributed by atoms with Crippen LogP contribution in [0.15, 0.2) is 77.8 Å². The summed E-state index contributed by atoms with van der Waals surface area (Å²) in [5, 5.41) is 13.8. The van der Waals surface area contributed by atoms with Gasteiger partial charge in [0.15, 0.2) is 11.6 Å². The Morgan fingerprint density at radius 3 is 2.37 bits per heavy atom. The molecule has 11 heteroatoms. The van der Waals surface area contributed by atoms with Crippen molar-refractivity contribution < 1.29 is 31.8 Å². The maximum Gasteiger partial charge on any atom is 0.407 e. The van der Waals surface area contributed by atoms with Gasteiger partial charge in [-0.05, 0) is 48.2 Å². The number of nitrogens with one attached hydrogen (secondary N) is 1. The first-order chi connectivity index (χ1) is 18.1.